The summed E-state index contributed by atoms with van der Waals surface area (Å²) in [4.78, 5) is 14.6. The molecular formula is C15H29N3O. The summed E-state index contributed by atoms with van der Waals surface area (Å²) in [5, 5.41) is 3.25. The highest BCUT2D eigenvalue weighted by molar-refractivity contribution is 5.76. The first kappa shape index (κ1) is 14.8. The van der Waals surface area contributed by atoms with Crippen molar-refractivity contribution in [3.63, 3.8) is 0 Å². The van der Waals surface area contributed by atoms with Gasteiger partial charge < -0.3 is 16.0 Å². The van der Waals surface area contributed by atoms with Gasteiger partial charge in [0.05, 0.1) is 0 Å². The van der Waals surface area contributed by atoms with Gasteiger partial charge in [0, 0.05) is 24.5 Å². The molecule has 0 spiro atoms. The van der Waals surface area contributed by atoms with Crippen LogP contribution < -0.4 is 11.1 Å². The molecule has 3 N–H and O–H groups in total. The molecule has 2 aliphatic rings. The number of hydrogen-bond donors (Lipinski definition) is 2. The van der Waals surface area contributed by atoms with E-state index in [0.29, 0.717) is 37.0 Å². The molecule has 2 heterocycles. The molecule has 2 bridgehead atoms. The molecule has 0 aliphatic carbocycles. The summed E-state index contributed by atoms with van der Waals surface area (Å²) in [5.74, 6) is 0.538. The summed E-state index contributed by atoms with van der Waals surface area (Å²) < 4.78 is 0. The van der Waals surface area contributed by atoms with Gasteiger partial charge in [-0.25, -0.2) is 0 Å². The van der Waals surface area contributed by atoms with Gasteiger partial charge in [-0.3, -0.25) is 4.79 Å². The predicted molar refractivity (Wildman–Crippen MR) is 77.8 cm³/mol. The van der Waals surface area contributed by atoms with Gasteiger partial charge in [-0.15, -0.1) is 0 Å². The Bertz CT molecular complexity index is 290. The normalized spacial score (nSPS) is 32.9. The highest BCUT2D eigenvalue weighted by atomic mass is 16.1. The Morgan fingerprint density at radius 3 is 2.53 bits per heavy atom. The van der Waals surface area contributed by atoms with Crippen LogP contribution in [0, 0.1) is 5.92 Å². The number of piperidine rings is 2. The maximum absolute atomic E-state index is 12.1. The lowest BCUT2D eigenvalue weighted by molar-refractivity contribution is -0.123. The largest absolute Gasteiger partial charge is 0.353 e. The lowest BCUT2D eigenvalue weighted by Gasteiger charge is -2.47. The van der Waals surface area contributed by atoms with E-state index in [1.165, 1.54) is 19.3 Å². The van der Waals surface area contributed by atoms with Crippen LogP contribution in [0.15, 0.2) is 0 Å². The molecule has 0 aromatic carbocycles. The average Bonchev–Trinajstić information content (AvgIpc) is 2.37. The summed E-state index contributed by atoms with van der Waals surface area (Å²) in [6.07, 6.45) is 7.76. The SMILES string of the molecule is CCC(CN)CC(=O)NC1CC2CCCC(C1)N2C. The molecule has 3 atom stereocenters. The molecule has 0 aromatic rings. The first-order valence-electron chi connectivity index (χ1n) is 7.85. The zero-order valence-electron chi connectivity index (χ0n) is 12.4. The fourth-order valence-corrected chi connectivity index (χ4v) is 3.68. The minimum atomic E-state index is 0.199. The van der Waals surface area contributed by atoms with Gasteiger partial charge in [0.2, 0.25) is 5.91 Å². The quantitative estimate of drug-likeness (QED) is 0.793. The molecule has 2 saturated heterocycles. The molecule has 110 valence electrons. The number of nitrogens with zero attached hydrogens (tertiary/aromatic N) is 1. The molecule has 2 fully saturated rings. The molecule has 4 heteroatoms. The van der Waals surface area contributed by atoms with Crippen LogP contribution in [-0.4, -0.2) is 42.5 Å². The molecule has 2 rings (SSSR count). The van der Waals surface area contributed by atoms with Crippen LogP contribution in [0.3, 0.4) is 0 Å². The topological polar surface area (TPSA) is 58.4 Å². The Hall–Kier alpha value is -0.610. The Morgan fingerprint density at radius 1 is 1.37 bits per heavy atom. The summed E-state index contributed by atoms with van der Waals surface area (Å²) in [5.41, 5.74) is 5.67. The molecule has 3 unspecified atom stereocenters. The van der Waals surface area contributed by atoms with E-state index in [0.717, 1.165) is 19.3 Å². The summed E-state index contributed by atoms with van der Waals surface area (Å²) in [6, 6.07) is 1.73. The number of carbonyl (C=O) groups excluding carboxylic acids is 1. The zero-order valence-corrected chi connectivity index (χ0v) is 12.4. The van der Waals surface area contributed by atoms with Crippen LogP contribution in [0.1, 0.15) is 51.9 Å². The van der Waals surface area contributed by atoms with Gasteiger partial charge in [-0.05, 0) is 45.2 Å². The Morgan fingerprint density at radius 2 is 2.00 bits per heavy atom. The van der Waals surface area contributed by atoms with Crippen molar-refractivity contribution in [3.8, 4) is 0 Å². The predicted octanol–water partition coefficient (Wildman–Crippen LogP) is 1.49. The van der Waals surface area contributed by atoms with Crippen molar-refractivity contribution < 1.29 is 4.79 Å². The monoisotopic (exact) mass is 267 g/mol. The Balaban J connectivity index is 1.82. The van der Waals surface area contributed by atoms with Crippen LogP contribution in [0.25, 0.3) is 0 Å². The van der Waals surface area contributed by atoms with Crippen LogP contribution in [0.5, 0.6) is 0 Å². The van der Waals surface area contributed by atoms with Crippen molar-refractivity contribution in [1.29, 1.82) is 0 Å². The molecular weight excluding hydrogens is 238 g/mol. The third-order valence-corrected chi connectivity index (χ3v) is 5.09. The average molecular weight is 267 g/mol. The van der Waals surface area contributed by atoms with Gasteiger partial charge >= 0.3 is 0 Å². The summed E-state index contributed by atoms with van der Waals surface area (Å²) in [7, 11) is 2.24. The Kier molecular flexibility index (Phi) is 5.22. The number of nitrogens with one attached hydrogen (secondary N) is 1. The van der Waals surface area contributed by atoms with Crippen molar-refractivity contribution in [3.05, 3.63) is 0 Å². The van der Waals surface area contributed by atoms with Crippen LogP contribution in [0.4, 0.5) is 0 Å². The van der Waals surface area contributed by atoms with Crippen LogP contribution in [-0.2, 0) is 4.79 Å². The van der Waals surface area contributed by atoms with E-state index < -0.39 is 0 Å². The first-order valence-corrected chi connectivity index (χ1v) is 7.85. The maximum Gasteiger partial charge on any atom is 0.220 e. The standard InChI is InChI=1S/C15H29N3O/c1-3-11(10-16)7-15(19)17-12-8-13-5-4-6-14(9-12)18(13)2/h11-14H,3-10,16H2,1-2H3,(H,17,19). The molecule has 2 aliphatic heterocycles. The molecule has 1 amide bonds. The molecule has 0 aromatic heterocycles. The molecule has 4 nitrogen and oxygen atoms in total. The van der Waals surface area contributed by atoms with Crippen molar-refractivity contribution >= 4 is 5.91 Å². The fraction of sp³-hybridized carbons (Fsp3) is 0.933. The summed E-state index contributed by atoms with van der Waals surface area (Å²) >= 11 is 0. The first-order chi connectivity index (χ1) is 9.13. The van der Waals surface area contributed by atoms with E-state index in [9.17, 15) is 4.79 Å². The van der Waals surface area contributed by atoms with Crippen molar-refractivity contribution in [2.24, 2.45) is 11.7 Å². The van der Waals surface area contributed by atoms with Gasteiger partial charge in [-0.2, -0.15) is 0 Å². The van der Waals surface area contributed by atoms with Crippen molar-refractivity contribution in [2.75, 3.05) is 13.6 Å². The number of hydrogen-bond acceptors (Lipinski definition) is 3. The number of amides is 1. The van der Waals surface area contributed by atoms with Gasteiger partial charge in [0.15, 0.2) is 0 Å². The zero-order chi connectivity index (χ0) is 13.8. The third kappa shape index (κ3) is 3.69. The number of carbonyl (C=O) groups is 1. The smallest absolute Gasteiger partial charge is 0.220 e. The minimum Gasteiger partial charge on any atom is -0.353 e. The van der Waals surface area contributed by atoms with Crippen molar-refractivity contribution in [2.45, 2.75) is 70.0 Å². The molecule has 19 heavy (non-hydrogen) atoms. The number of rotatable bonds is 5. The molecule has 0 radical (unpaired) electrons. The van der Waals surface area contributed by atoms with E-state index in [2.05, 4.69) is 24.2 Å². The molecule has 0 saturated carbocycles. The van der Waals surface area contributed by atoms with Crippen LogP contribution >= 0.6 is 0 Å². The van der Waals surface area contributed by atoms with E-state index in [-0.39, 0.29) is 5.91 Å². The van der Waals surface area contributed by atoms with Crippen LogP contribution in [0.2, 0.25) is 0 Å². The van der Waals surface area contributed by atoms with Crippen molar-refractivity contribution in [1.82, 2.24) is 10.2 Å². The fourth-order valence-electron chi connectivity index (χ4n) is 3.68. The second-order valence-corrected chi connectivity index (χ2v) is 6.35. The number of nitrogens with two attached hydrogens (primary N) is 1. The highest BCUT2D eigenvalue weighted by Gasteiger charge is 2.36. The van der Waals surface area contributed by atoms with Gasteiger partial charge in [-0.1, -0.05) is 19.8 Å². The van der Waals surface area contributed by atoms with E-state index >= 15 is 0 Å². The third-order valence-electron chi connectivity index (χ3n) is 5.09. The van der Waals surface area contributed by atoms with Gasteiger partial charge in [0.1, 0.15) is 0 Å². The minimum absolute atomic E-state index is 0.199. The second-order valence-electron chi connectivity index (χ2n) is 6.35. The van der Waals surface area contributed by atoms with E-state index in [1.54, 1.807) is 0 Å². The Labute approximate surface area is 117 Å². The van der Waals surface area contributed by atoms with Gasteiger partial charge in [0.25, 0.3) is 0 Å². The lowest BCUT2D eigenvalue weighted by atomic mass is 9.82. The van der Waals surface area contributed by atoms with E-state index in [4.69, 9.17) is 5.73 Å². The second kappa shape index (κ2) is 6.71. The number of fused-ring (bicyclic) bond motifs is 2. The van der Waals surface area contributed by atoms with E-state index in [1.807, 2.05) is 0 Å². The highest BCUT2D eigenvalue weighted by Crippen LogP contribution is 2.32. The lowest BCUT2D eigenvalue weighted by Crippen LogP contribution is -2.55. The maximum atomic E-state index is 12.1. The summed E-state index contributed by atoms with van der Waals surface area (Å²) in [6.45, 7) is 2.72.